The fourth-order valence-corrected chi connectivity index (χ4v) is 3.97. The van der Waals surface area contributed by atoms with E-state index in [2.05, 4.69) is 30.0 Å². The number of ether oxygens (including phenoxy) is 3. The number of benzene rings is 2. The van der Waals surface area contributed by atoms with Crippen molar-refractivity contribution >= 4 is 28.9 Å². The maximum atomic E-state index is 13.8. The molecule has 2 N–H and O–H groups in total. The van der Waals surface area contributed by atoms with E-state index < -0.39 is 17.9 Å². The van der Waals surface area contributed by atoms with E-state index in [0.29, 0.717) is 17.4 Å². The van der Waals surface area contributed by atoms with Crippen LogP contribution in [-0.2, 0) is 0 Å². The van der Waals surface area contributed by atoms with E-state index in [1.807, 2.05) is 0 Å². The molecule has 2 aromatic heterocycles. The molecule has 0 unspecified atom stereocenters. The van der Waals surface area contributed by atoms with Gasteiger partial charge in [0.1, 0.15) is 18.2 Å². The Bertz CT molecular complexity index is 1540. The average molecular weight is 544 g/mol. The summed E-state index contributed by atoms with van der Waals surface area (Å²) in [5, 5.41) is 2.98. The van der Waals surface area contributed by atoms with Gasteiger partial charge in [-0.2, -0.15) is 4.98 Å². The number of halogens is 4. The van der Waals surface area contributed by atoms with Crippen LogP contribution in [0, 0.1) is 12.7 Å². The Kier molecular flexibility index (Phi) is 6.68. The first-order valence-electron chi connectivity index (χ1n) is 11.5. The van der Waals surface area contributed by atoms with Crippen molar-refractivity contribution in [1.82, 2.24) is 19.9 Å². The fraction of sp³-hybridized carbons (Fsp3) is 0.200. The molecule has 0 aliphatic carbocycles. The van der Waals surface area contributed by atoms with Gasteiger partial charge in [-0.3, -0.25) is 4.79 Å². The van der Waals surface area contributed by atoms with Crippen LogP contribution in [0.1, 0.15) is 21.9 Å². The number of nitrogens with zero attached hydrogens (tertiary/aromatic N) is 4. The lowest BCUT2D eigenvalue weighted by atomic mass is 10.1. The number of rotatable bonds is 7. The lowest BCUT2D eigenvalue weighted by molar-refractivity contribution is -0.274. The number of aromatic amines is 1. The summed E-state index contributed by atoms with van der Waals surface area (Å²) in [5.74, 6) is -1.12. The Labute approximate surface area is 218 Å². The number of hydrogen-bond donors (Lipinski definition) is 2. The van der Waals surface area contributed by atoms with Crippen molar-refractivity contribution in [2.24, 2.45) is 0 Å². The molecule has 0 bridgehead atoms. The Hall–Kier alpha value is -4.88. The van der Waals surface area contributed by atoms with Gasteiger partial charge in [-0.05, 0) is 31.2 Å². The summed E-state index contributed by atoms with van der Waals surface area (Å²) in [4.78, 5) is 29.8. The van der Waals surface area contributed by atoms with Gasteiger partial charge in [0.05, 0.1) is 36.8 Å². The van der Waals surface area contributed by atoms with Crippen molar-refractivity contribution in [3.05, 3.63) is 71.7 Å². The minimum absolute atomic E-state index is 0.0550. The largest absolute Gasteiger partial charge is 0.573 e. The van der Waals surface area contributed by atoms with Gasteiger partial charge in [0, 0.05) is 24.0 Å². The molecule has 39 heavy (non-hydrogen) atoms. The number of nitrogens with one attached hydrogen (secondary N) is 2. The van der Waals surface area contributed by atoms with Crippen LogP contribution in [-0.4, -0.2) is 52.3 Å². The minimum atomic E-state index is -5.03. The van der Waals surface area contributed by atoms with E-state index in [1.165, 1.54) is 24.3 Å². The highest BCUT2D eigenvalue weighted by molar-refractivity contribution is 6.08. The molecule has 0 atom stereocenters. The van der Waals surface area contributed by atoms with E-state index in [4.69, 9.17) is 9.47 Å². The highest BCUT2D eigenvalue weighted by Crippen LogP contribution is 2.41. The van der Waals surface area contributed by atoms with Crippen LogP contribution in [0.4, 0.5) is 40.7 Å². The minimum Gasteiger partial charge on any atom is -0.496 e. The summed E-state index contributed by atoms with van der Waals surface area (Å²) < 4.78 is 67.8. The number of hydrogen-bond acceptors (Lipinski definition) is 9. The standard InChI is InChI=1S/C25H20F4N6O4/c1-13-11-30-22(32-13)21(36)16-5-4-15(10-18(16)37-2)33-24-31-12-20-23(34-24)35(7-8-38-20)17-6-3-14(26)9-19(17)39-25(27,28)29/h3-6,9-12H,7-8H2,1-2H3,(H,30,32)(H,31,33,34). The molecule has 1 aliphatic heterocycles. The predicted molar refractivity (Wildman–Crippen MR) is 131 cm³/mol. The number of methoxy groups -OCH3 is 1. The average Bonchev–Trinajstić information content (AvgIpc) is 3.33. The quantitative estimate of drug-likeness (QED) is 0.243. The Morgan fingerprint density at radius 3 is 2.69 bits per heavy atom. The van der Waals surface area contributed by atoms with Crippen molar-refractivity contribution in [3.8, 4) is 17.2 Å². The normalized spacial score (nSPS) is 12.9. The molecule has 14 heteroatoms. The predicted octanol–water partition coefficient (Wildman–Crippen LogP) is 5.06. The molecule has 0 saturated carbocycles. The number of aromatic nitrogens is 4. The van der Waals surface area contributed by atoms with Crippen LogP contribution >= 0.6 is 0 Å². The molecule has 0 spiro atoms. The van der Waals surface area contributed by atoms with Gasteiger partial charge < -0.3 is 29.4 Å². The lowest BCUT2D eigenvalue weighted by Gasteiger charge is -2.31. The third-order valence-electron chi connectivity index (χ3n) is 5.63. The van der Waals surface area contributed by atoms with Gasteiger partial charge in [-0.15, -0.1) is 13.2 Å². The summed E-state index contributed by atoms with van der Waals surface area (Å²) in [5.41, 5.74) is 1.35. The van der Waals surface area contributed by atoms with Gasteiger partial charge >= 0.3 is 6.36 Å². The number of aryl methyl sites for hydroxylation is 1. The Morgan fingerprint density at radius 2 is 1.97 bits per heavy atom. The van der Waals surface area contributed by atoms with Crippen molar-refractivity contribution in [2.75, 3.05) is 30.5 Å². The summed E-state index contributed by atoms with van der Waals surface area (Å²) in [6.45, 7) is 1.98. The first kappa shape index (κ1) is 25.8. The monoisotopic (exact) mass is 544 g/mol. The molecule has 3 heterocycles. The number of fused-ring (bicyclic) bond motifs is 1. The van der Waals surface area contributed by atoms with Crippen LogP contribution in [0.2, 0.25) is 0 Å². The van der Waals surface area contributed by atoms with Crippen LogP contribution in [0.15, 0.2) is 48.8 Å². The van der Waals surface area contributed by atoms with E-state index in [0.717, 1.165) is 6.07 Å². The van der Waals surface area contributed by atoms with Crippen LogP contribution in [0.25, 0.3) is 0 Å². The summed E-state index contributed by atoms with van der Waals surface area (Å²) in [6, 6.07) is 7.56. The molecule has 2 aromatic carbocycles. The van der Waals surface area contributed by atoms with E-state index in [9.17, 15) is 22.4 Å². The zero-order chi connectivity index (χ0) is 27.7. The fourth-order valence-electron chi connectivity index (χ4n) is 3.97. The summed E-state index contributed by atoms with van der Waals surface area (Å²) in [6.07, 6.45) is -2.06. The molecule has 0 amide bonds. The number of carbonyl (C=O) groups excluding carboxylic acids is 1. The van der Waals surface area contributed by atoms with E-state index in [-0.39, 0.29) is 59.3 Å². The first-order chi connectivity index (χ1) is 18.6. The highest BCUT2D eigenvalue weighted by atomic mass is 19.4. The first-order valence-corrected chi connectivity index (χ1v) is 11.5. The van der Waals surface area contributed by atoms with Crippen LogP contribution in [0.5, 0.6) is 17.2 Å². The maximum Gasteiger partial charge on any atom is 0.573 e. The molecule has 10 nitrogen and oxygen atoms in total. The van der Waals surface area contributed by atoms with Gasteiger partial charge in [0.2, 0.25) is 11.7 Å². The number of ketones is 1. The van der Waals surface area contributed by atoms with E-state index >= 15 is 0 Å². The number of alkyl halides is 3. The Morgan fingerprint density at radius 1 is 1.15 bits per heavy atom. The van der Waals surface area contributed by atoms with Crippen molar-refractivity contribution in [1.29, 1.82) is 0 Å². The molecule has 0 radical (unpaired) electrons. The second-order valence-electron chi connectivity index (χ2n) is 8.30. The molecular formula is C25H20F4N6O4. The van der Waals surface area contributed by atoms with Crippen LogP contribution < -0.4 is 24.4 Å². The summed E-state index contributed by atoms with van der Waals surface area (Å²) >= 11 is 0. The second-order valence-corrected chi connectivity index (χ2v) is 8.30. The molecule has 0 fully saturated rings. The van der Waals surface area contributed by atoms with Gasteiger partial charge in [-0.1, -0.05) is 0 Å². The molecule has 1 aliphatic rings. The highest BCUT2D eigenvalue weighted by Gasteiger charge is 2.34. The van der Waals surface area contributed by atoms with Gasteiger partial charge in [0.15, 0.2) is 23.1 Å². The number of anilines is 4. The van der Waals surface area contributed by atoms with Gasteiger partial charge in [-0.25, -0.2) is 14.4 Å². The third kappa shape index (κ3) is 5.54. The molecule has 202 valence electrons. The molecular weight excluding hydrogens is 524 g/mol. The summed E-state index contributed by atoms with van der Waals surface area (Å²) in [7, 11) is 1.41. The number of carbonyl (C=O) groups is 1. The van der Waals surface area contributed by atoms with Crippen molar-refractivity contribution < 1.29 is 36.6 Å². The lowest BCUT2D eigenvalue weighted by Crippen LogP contribution is -2.31. The maximum absolute atomic E-state index is 13.8. The van der Waals surface area contributed by atoms with Crippen molar-refractivity contribution in [2.45, 2.75) is 13.3 Å². The molecule has 4 aromatic rings. The number of H-pyrrole nitrogens is 1. The van der Waals surface area contributed by atoms with E-state index in [1.54, 1.807) is 31.3 Å². The Balaban J connectivity index is 1.45. The number of imidazole rings is 1. The zero-order valence-electron chi connectivity index (χ0n) is 20.5. The zero-order valence-corrected chi connectivity index (χ0v) is 20.5. The third-order valence-corrected chi connectivity index (χ3v) is 5.63. The molecule has 5 rings (SSSR count). The molecule has 0 saturated heterocycles. The van der Waals surface area contributed by atoms with Crippen molar-refractivity contribution in [3.63, 3.8) is 0 Å². The smallest absolute Gasteiger partial charge is 0.496 e. The van der Waals surface area contributed by atoms with Gasteiger partial charge in [0.25, 0.3) is 0 Å². The second kappa shape index (κ2) is 10.1. The van der Waals surface area contributed by atoms with Crippen LogP contribution in [0.3, 0.4) is 0 Å². The topological polar surface area (TPSA) is 114 Å². The SMILES string of the molecule is COc1cc(Nc2ncc3c(n2)N(c2ccc(F)cc2OC(F)(F)F)CCO3)ccc1C(=O)c1nc(C)c[nH]1.